The van der Waals surface area contributed by atoms with Gasteiger partial charge in [0.15, 0.2) is 5.82 Å². The molecule has 0 bridgehead atoms. The van der Waals surface area contributed by atoms with Crippen molar-refractivity contribution in [2.75, 3.05) is 12.4 Å². The molecule has 2 N–H and O–H groups in total. The van der Waals surface area contributed by atoms with E-state index in [1.807, 2.05) is 49.5 Å². The predicted molar refractivity (Wildman–Crippen MR) is 99.1 cm³/mol. The maximum absolute atomic E-state index is 6.30. The summed E-state index contributed by atoms with van der Waals surface area (Å²) in [4.78, 5) is 12.8. The van der Waals surface area contributed by atoms with Crippen molar-refractivity contribution < 1.29 is 0 Å². The van der Waals surface area contributed by atoms with Crippen LogP contribution in [0.2, 0.25) is 5.02 Å². The van der Waals surface area contributed by atoms with E-state index in [1.54, 1.807) is 0 Å². The standard InChI is InChI=1S/C17H12BrClN4/c1-20-17-15-14(11-7-6-9(18)8-13(11)21-17)22-16(23-15)10-4-2-3-5-12(10)19/h2-8H,1H3,(H,20,21)(H,22,23). The summed E-state index contributed by atoms with van der Waals surface area (Å²) in [5.41, 5.74) is 3.50. The van der Waals surface area contributed by atoms with E-state index in [9.17, 15) is 0 Å². The van der Waals surface area contributed by atoms with Gasteiger partial charge in [0.25, 0.3) is 0 Å². The van der Waals surface area contributed by atoms with Gasteiger partial charge in [-0.05, 0) is 30.3 Å². The van der Waals surface area contributed by atoms with E-state index in [-0.39, 0.29) is 0 Å². The van der Waals surface area contributed by atoms with Gasteiger partial charge in [0.1, 0.15) is 16.9 Å². The second-order valence-electron chi connectivity index (χ2n) is 5.16. The Kier molecular flexibility index (Phi) is 3.47. The molecular formula is C17H12BrClN4. The molecule has 0 aliphatic carbocycles. The molecule has 0 saturated heterocycles. The summed E-state index contributed by atoms with van der Waals surface area (Å²) in [5.74, 6) is 1.50. The van der Waals surface area contributed by atoms with Gasteiger partial charge in [0.05, 0.1) is 10.5 Å². The molecule has 0 aliphatic heterocycles. The zero-order chi connectivity index (χ0) is 16.0. The number of H-pyrrole nitrogens is 1. The van der Waals surface area contributed by atoms with Gasteiger partial charge in [-0.2, -0.15) is 0 Å². The van der Waals surface area contributed by atoms with E-state index in [2.05, 4.69) is 31.2 Å². The number of benzene rings is 2. The van der Waals surface area contributed by atoms with Crippen molar-refractivity contribution in [2.24, 2.45) is 0 Å². The third-order valence-electron chi connectivity index (χ3n) is 3.75. The summed E-state index contributed by atoms with van der Waals surface area (Å²) >= 11 is 9.79. The molecule has 0 saturated carbocycles. The Labute approximate surface area is 146 Å². The molecule has 0 aliphatic rings. The summed E-state index contributed by atoms with van der Waals surface area (Å²) in [6.45, 7) is 0. The van der Waals surface area contributed by atoms with E-state index in [0.717, 1.165) is 43.6 Å². The highest BCUT2D eigenvalue weighted by atomic mass is 79.9. The number of aromatic nitrogens is 3. The molecule has 2 aromatic heterocycles. The van der Waals surface area contributed by atoms with Crippen molar-refractivity contribution in [1.29, 1.82) is 0 Å². The first-order valence-corrected chi connectivity index (χ1v) is 8.26. The zero-order valence-electron chi connectivity index (χ0n) is 12.2. The summed E-state index contributed by atoms with van der Waals surface area (Å²) < 4.78 is 0.987. The zero-order valence-corrected chi connectivity index (χ0v) is 14.5. The summed E-state index contributed by atoms with van der Waals surface area (Å²) in [6.07, 6.45) is 0. The molecule has 0 spiro atoms. The van der Waals surface area contributed by atoms with E-state index >= 15 is 0 Å². The Morgan fingerprint density at radius 2 is 1.96 bits per heavy atom. The Morgan fingerprint density at radius 1 is 1.13 bits per heavy atom. The molecule has 0 atom stereocenters. The topological polar surface area (TPSA) is 53.6 Å². The number of rotatable bonds is 2. The lowest BCUT2D eigenvalue weighted by molar-refractivity contribution is 1.32. The van der Waals surface area contributed by atoms with Crippen molar-refractivity contribution in [3.05, 3.63) is 52.0 Å². The monoisotopic (exact) mass is 386 g/mol. The van der Waals surface area contributed by atoms with Crippen LogP contribution in [0.4, 0.5) is 5.82 Å². The van der Waals surface area contributed by atoms with Gasteiger partial charge in [-0.1, -0.05) is 39.7 Å². The number of hydrogen-bond donors (Lipinski definition) is 2. The Hall–Kier alpha value is -2.11. The fraction of sp³-hybridized carbons (Fsp3) is 0.0588. The van der Waals surface area contributed by atoms with Gasteiger partial charge >= 0.3 is 0 Å². The average molecular weight is 388 g/mol. The number of imidazole rings is 1. The lowest BCUT2D eigenvalue weighted by Crippen LogP contribution is -1.94. The summed E-state index contributed by atoms with van der Waals surface area (Å²) in [6, 6.07) is 13.7. The lowest BCUT2D eigenvalue weighted by atomic mass is 10.2. The maximum Gasteiger partial charge on any atom is 0.152 e. The van der Waals surface area contributed by atoms with Gasteiger partial charge in [-0.3, -0.25) is 0 Å². The molecule has 4 nitrogen and oxygen atoms in total. The minimum Gasteiger partial charge on any atom is -0.371 e. The van der Waals surface area contributed by atoms with Crippen LogP contribution in [-0.2, 0) is 0 Å². The normalized spacial score (nSPS) is 11.3. The van der Waals surface area contributed by atoms with E-state index in [0.29, 0.717) is 5.02 Å². The van der Waals surface area contributed by atoms with Crippen LogP contribution < -0.4 is 5.32 Å². The number of nitrogens with zero attached hydrogens (tertiary/aromatic N) is 2. The van der Waals surface area contributed by atoms with Gasteiger partial charge in [-0.15, -0.1) is 0 Å². The fourth-order valence-corrected chi connectivity index (χ4v) is 3.25. The lowest BCUT2D eigenvalue weighted by Gasteiger charge is -2.04. The van der Waals surface area contributed by atoms with Crippen LogP contribution >= 0.6 is 27.5 Å². The minimum atomic E-state index is 0.664. The van der Waals surface area contributed by atoms with Gasteiger partial charge in [0.2, 0.25) is 0 Å². The minimum absolute atomic E-state index is 0.664. The van der Waals surface area contributed by atoms with Gasteiger partial charge in [0, 0.05) is 22.5 Å². The maximum atomic E-state index is 6.30. The summed E-state index contributed by atoms with van der Waals surface area (Å²) in [7, 11) is 1.85. The highest BCUT2D eigenvalue weighted by Crippen LogP contribution is 2.33. The molecule has 0 radical (unpaired) electrons. The van der Waals surface area contributed by atoms with E-state index in [4.69, 9.17) is 16.6 Å². The number of aromatic amines is 1. The molecular weight excluding hydrogens is 376 g/mol. The molecule has 0 amide bonds. The second kappa shape index (κ2) is 5.51. The number of hydrogen-bond acceptors (Lipinski definition) is 3. The second-order valence-corrected chi connectivity index (χ2v) is 6.48. The third kappa shape index (κ3) is 2.36. The van der Waals surface area contributed by atoms with Crippen molar-refractivity contribution in [2.45, 2.75) is 0 Å². The Bertz CT molecular complexity index is 1040. The third-order valence-corrected chi connectivity index (χ3v) is 4.58. The smallest absolute Gasteiger partial charge is 0.152 e. The molecule has 6 heteroatoms. The number of pyridine rings is 1. The van der Waals surface area contributed by atoms with Crippen molar-refractivity contribution in [3.63, 3.8) is 0 Å². The molecule has 2 heterocycles. The number of anilines is 1. The number of fused-ring (bicyclic) bond motifs is 3. The molecule has 23 heavy (non-hydrogen) atoms. The number of halogens is 2. The first kappa shape index (κ1) is 14.5. The van der Waals surface area contributed by atoms with Crippen molar-refractivity contribution in [3.8, 4) is 11.4 Å². The van der Waals surface area contributed by atoms with Crippen molar-refractivity contribution >= 4 is 55.3 Å². The Balaban J connectivity index is 2.08. The first-order valence-electron chi connectivity index (χ1n) is 7.09. The SMILES string of the molecule is CNc1nc2cc(Br)ccc2c2nc(-c3ccccc3Cl)[nH]c12. The van der Waals surface area contributed by atoms with E-state index in [1.165, 1.54) is 0 Å². The van der Waals surface area contributed by atoms with Crippen molar-refractivity contribution in [1.82, 2.24) is 15.0 Å². The summed E-state index contributed by atoms with van der Waals surface area (Å²) in [5, 5.41) is 4.79. The molecule has 0 fully saturated rings. The van der Waals surface area contributed by atoms with Crippen LogP contribution in [0.5, 0.6) is 0 Å². The van der Waals surface area contributed by atoms with Crippen LogP contribution in [0.1, 0.15) is 0 Å². The van der Waals surface area contributed by atoms with Crippen LogP contribution in [0, 0.1) is 0 Å². The quantitative estimate of drug-likeness (QED) is 0.495. The van der Waals surface area contributed by atoms with Gasteiger partial charge in [-0.25, -0.2) is 9.97 Å². The first-order chi connectivity index (χ1) is 11.2. The predicted octanol–water partition coefficient (Wildman–Crippen LogP) is 5.24. The van der Waals surface area contributed by atoms with Crippen LogP contribution in [0.15, 0.2) is 46.9 Å². The molecule has 4 aromatic rings. The number of nitrogens with one attached hydrogen (secondary N) is 2. The molecule has 114 valence electrons. The average Bonchev–Trinajstić information content (AvgIpc) is 2.99. The highest BCUT2D eigenvalue weighted by molar-refractivity contribution is 9.10. The highest BCUT2D eigenvalue weighted by Gasteiger charge is 2.15. The molecule has 4 rings (SSSR count). The van der Waals surface area contributed by atoms with E-state index < -0.39 is 0 Å². The Morgan fingerprint density at radius 3 is 2.74 bits per heavy atom. The van der Waals surface area contributed by atoms with Crippen LogP contribution in [-0.4, -0.2) is 22.0 Å². The van der Waals surface area contributed by atoms with Crippen LogP contribution in [0.25, 0.3) is 33.3 Å². The largest absolute Gasteiger partial charge is 0.371 e. The molecule has 0 unspecified atom stereocenters. The fourth-order valence-electron chi connectivity index (χ4n) is 2.68. The van der Waals surface area contributed by atoms with Crippen LogP contribution in [0.3, 0.4) is 0 Å². The molecule has 2 aromatic carbocycles. The van der Waals surface area contributed by atoms with Gasteiger partial charge < -0.3 is 10.3 Å².